The molecule has 2 heterocycles. The van der Waals surface area contributed by atoms with Crippen LogP contribution in [0, 0.1) is 11.8 Å². The number of allylic oxidation sites excluding steroid dienone is 2. The van der Waals surface area contributed by atoms with Crippen molar-refractivity contribution in [2.75, 3.05) is 0 Å². The molecule has 4 heteroatoms. The van der Waals surface area contributed by atoms with Crippen LogP contribution in [-0.4, -0.2) is 35.0 Å². The standard InChI is InChI=1S/C20H30O4/c1-12-7-5-9-13(2)17(21)18-15(14(3)19(22)23-18)11-16-20(4,24-16)10-6-8-12/h8,13,15-18,21H,3,5-7,9-11H2,1-2,4H3/b12-8+/t13-,15+,16?,17+,18-,20-/m1/s1. The summed E-state index contributed by atoms with van der Waals surface area (Å²) in [4.78, 5) is 12.0. The second-order valence-corrected chi connectivity index (χ2v) is 8.11. The first-order valence-corrected chi connectivity index (χ1v) is 9.23. The van der Waals surface area contributed by atoms with E-state index in [-0.39, 0.29) is 29.5 Å². The average Bonchev–Trinajstić information content (AvgIpc) is 3.08. The van der Waals surface area contributed by atoms with Crippen molar-refractivity contribution in [2.24, 2.45) is 11.8 Å². The largest absolute Gasteiger partial charge is 0.456 e. The fourth-order valence-electron chi connectivity index (χ4n) is 4.16. The molecule has 1 aliphatic carbocycles. The van der Waals surface area contributed by atoms with E-state index in [0.717, 1.165) is 32.1 Å². The Morgan fingerprint density at radius 2 is 2.17 bits per heavy atom. The Morgan fingerprint density at radius 3 is 2.92 bits per heavy atom. The average molecular weight is 334 g/mol. The Kier molecular flexibility index (Phi) is 4.89. The van der Waals surface area contributed by atoms with E-state index in [1.807, 2.05) is 6.92 Å². The van der Waals surface area contributed by atoms with Gasteiger partial charge in [-0.05, 0) is 58.3 Å². The van der Waals surface area contributed by atoms with E-state index in [9.17, 15) is 9.90 Å². The number of epoxide rings is 1. The molecule has 0 aromatic rings. The SMILES string of the molecule is C=C1C(=O)O[C@H]2[C@@H](O)[C@H](C)CCC/C(C)=C/CC[C@@]3(C)OC3C[C@@H]12. The van der Waals surface area contributed by atoms with Crippen LogP contribution in [0.1, 0.15) is 59.3 Å². The summed E-state index contributed by atoms with van der Waals surface area (Å²) in [6, 6.07) is 0. The van der Waals surface area contributed by atoms with Crippen molar-refractivity contribution in [2.45, 2.75) is 83.2 Å². The highest BCUT2D eigenvalue weighted by Crippen LogP contribution is 2.47. The summed E-state index contributed by atoms with van der Waals surface area (Å²) in [5, 5.41) is 10.7. The van der Waals surface area contributed by atoms with Gasteiger partial charge in [-0.1, -0.05) is 25.2 Å². The highest BCUT2D eigenvalue weighted by Gasteiger charge is 2.55. The van der Waals surface area contributed by atoms with Crippen LogP contribution in [-0.2, 0) is 14.3 Å². The first-order valence-electron chi connectivity index (χ1n) is 9.23. The van der Waals surface area contributed by atoms with Crippen molar-refractivity contribution in [3.8, 4) is 0 Å². The smallest absolute Gasteiger partial charge is 0.334 e. The third-order valence-corrected chi connectivity index (χ3v) is 6.14. The van der Waals surface area contributed by atoms with Gasteiger partial charge < -0.3 is 14.6 Å². The zero-order valence-electron chi connectivity index (χ0n) is 15.1. The number of hydrogen-bond donors (Lipinski definition) is 1. The maximum Gasteiger partial charge on any atom is 0.334 e. The van der Waals surface area contributed by atoms with Crippen molar-refractivity contribution >= 4 is 5.97 Å². The summed E-state index contributed by atoms with van der Waals surface area (Å²) in [5.41, 5.74) is 1.79. The molecule has 3 rings (SSSR count). The van der Waals surface area contributed by atoms with Gasteiger partial charge in [0.1, 0.15) is 6.10 Å². The fraction of sp³-hybridized carbons (Fsp3) is 0.750. The lowest BCUT2D eigenvalue weighted by atomic mass is 9.82. The predicted molar refractivity (Wildman–Crippen MR) is 92.4 cm³/mol. The lowest BCUT2D eigenvalue weighted by Gasteiger charge is -2.27. The zero-order valence-corrected chi connectivity index (χ0v) is 15.1. The Labute approximate surface area is 144 Å². The van der Waals surface area contributed by atoms with Gasteiger partial charge in [0.15, 0.2) is 0 Å². The molecule has 0 amide bonds. The molecular weight excluding hydrogens is 304 g/mol. The Bertz CT molecular complexity index is 552. The summed E-state index contributed by atoms with van der Waals surface area (Å²) >= 11 is 0. The summed E-state index contributed by atoms with van der Waals surface area (Å²) in [5.74, 6) is -0.402. The third kappa shape index (κ3) is 3.45. The topological polar surface area (TPSA) is 59.1 Å². The van der Waals surface area contributed by atoms with Crippen LogP contribution in [0.15, 0.2) is 23.8 Å². The molecule has 0 bridgehead atoms. The van der Waals surface area contributed by atoms with Gasteiger partial charge in [-0.2, -0.15) is 0 Å². The number of aliphatic hydroxyl groups is 1. The monoisotopic (exact) mass is 334 g/mol. The molecular formula is C20H30O4. The fourth-order valence-corrected chi connectivity index (χ4v) is 4.16. The van der Waals surface area contributed by atoms with E-state index in [1.54, 1.807) is 0 Å². The molecule has 0 aromatic heterocycles. The molecule has 3 aliphatic rings. The minimum atomic E-state index is -0.643. The molecule has 0 radical (unpaired) electrons. The van der Waals surface area contributed by atoms with Crippen LogP contribution in [0.5, 0.6) is 0 Å². The molecule has 134 valence electrons. The van der Waals surface area contributed by atoms with Gasteiger partial charge >= 0.3 is 5.97 Å². The number of hydrogen-bond acceptors (Lipinski definition) is 4. The van der Waals surface area contributed by atoms with Gasteiger partial charge in [-0.15, -0.1) is 0 Å². The number of carbonyl (C=O) groups is 1. The number of esters is 1. The first kappa shape index (κ1) is 17.7. The molecule has 24 heavy (non-hydrogen) atoms. The Balaban J connectivity index is 1.79. The van der Waals surface area contributed by atoms with Gasteiger partial charge in [0.05, 0.1) is 17.8 Å². The van der Waals surface area contributed by atoms with Crippen molar-refractivity contribution in [3.63, 3.8) is 0 Å². The molecule has 1 unspecified atom stereocenters. The van der Waals surface area contributed by atoms with E-state index in [0.29, 0.717) is 12.0 Å². The van der Waals surface area contributed by atoms with Crippen molar-refractivity contribution in [3.05, 3.63) is 23.8 Å². The predicted octanol–water partition coefficient (Wildman–Crippen LogP) is 3.54. The third-order valence-electron chi connectivity index (χ3n) is 6.14. The summed E-state index contributed by atoms with van der Waals surface area (Å²) in [6.45, 7) is 10.3. The normalized spacial score (nSPS) is 46.2. The van der Waals surface area contributed by atoms with Gasteiger partial charge in [0.25, 0.3) is 0 Å². The molecule has 0 aromatic carbocycles. The lowest BCUT2D eigenvalue weighted by Crippen LogP contribution is -2.37. The molecule has 2 saturated heterocycles. The highest BCUT2D eigenvalue weighted by atomic mass is 16.6. The molecule has 2 aliphatic heterocycles. The van der Waals surface area contributed by atoms with Crippen LogP contribution in [0.4, 0.5) is 0 Å². The van der Waals surface area contributed by atoms with Crippen LogP contribution in [0.25, 0.3) is 0 Å². The Morgan fingerprint density at radius 1 is 1.42 bits per heavy atom. The quantitative estimate of drug-likeness (QED) is 0.319. The number of aliphatic hydroxyl groups excluding tert-OH is 1. The summed E-state index contributed by atoms with van der Waals surface area (Å²) in [6.07, 6.45) is 7.07. The van der Waals surface area contributed by atoms with Crippen molar-refractivity contribution in [1.82, 2.24) is 0 Å². The lowest BCUT2D eigenvalue weighted by molar-refractivity contribution is -0.146. The second kappa shape index (κ2) is 6.64. The van der Waals surface area contributed by atoms with E-state index in [4.69, 9.17) is 9.47 Å². The second-order valence-electron chi connectivity index (χ2n) is 8.11. The van der Waals surface area contributed by atoms with Gasteiger partial charge in [0, 0.05) is 11.5 Å². The maximum atomic E-state index is 12.0. The number of ether oxygens (including phenoxy) is 2. The maximum absolute atomic E-state index is 12.0. The van der Waals surface area contributed by atoms with Crippen LogP contribution < -0.4 is 0 Å². The zero-order chi connectivity index (χ0) is 17.5. The highest BCUT2D eigenvalue weighted by molar-refractivity contribution is 5.90. The van der Waals surface area contributed by atoms with Crippen molar-refractivity contribution in [1.29, 1.82) is 0 Å². The van der Waals surface area contributed by atoms with Crippen molar-refractivity contribution < 1.29 is 19.4 Å². The van der Waals surface area contributed by atoms with Crippen LogP contribution >= 0.6 is 0 Å². The summed E-state index contributed by atoms with van der Waals surface area (Å²) < 4.78 is 11.4. The first-order chi connectivity index (χ1) is 11.3. The minimum Gasteiger partial charge on any atom is -0.456 e. The van der Waals surface area contributed by atoms with E-state index in [1.165, 1.54) is 5.57 Å². The van der Waals surface area contributed by atoms with Gasteiger partial charge in [0.2, 0.25) is 0 Å². The number of carbonyl (C=O) groups excluding carboxylic acids is 1. The minimum absolute atomic E-state index is 0.0958. The Hall–Kier alpha value is -1.13. The molecule has 1 N–H and O–H groups in total. The number of fused-ring (bicyclic) bond motifs is 2. The van der Waals surface area contributed by atoms with E-state index >= 15 is 0 Å². The van der Waals surface area contributed by atoms with E-state index < -0.39 is 12.2 Å². The van der Waals surface area contributed by atoms with Gasteiger partial charge in [-0.3, -0.25) is 0 Å². The van der Waals surface area contributed by atoms with Crippen LogP contribution in [0.3, 0.4) is 0 Å². The molecule has 0 spiro atoms. The molecule has 2 fully saturated rings. The van der Waals surface area contributed by atoms with Gasteiger partial charge in [-0.25, -0.2) is 4.79 Å². The molecule has 4 nitrogen and oxygen atoms in total. The molecule has 0 saturated carbocycles. The van der Waals surface area contributed by atoms with E-state index in [2.05, 4.69) is 26.5 Å². The van der Waals surface area contributed by atoms with Crippen LogP contribution in [0.2, 0.25) is 0 Å². The molecule has 6 atom stereocenters. The summed E-state index contributed by atoms with van der Waals surface area (Å²) in [7, 11) is 0. The number of rotatable bonds is 0.